The SMILES string of the molecule is CCOc1cc(-c2ccc(N3CCC(CN4CCN(C5CN(C6CCN(c7ccc8c(c7)C(=O)N(C7CCC(=O)NC7=O)C8)CC6)C5)CC4)(NC(=O)c4cc(F)ccc4F)CC3)nc2)c2c(C#N)cnn2c1. The highest BCUT2D eigenvalue weighted by atomic mass is 19.1. The zero-order chi connectivity index (χ0) is 49.7. The molecule has 6 aliphatic rings. The zero-order valence-corrected chi connectivity index (χ0v) is 40.4. The number of likely N-dealkylation sites (tertiary alicyclic amines) is 1. The van der Waals surface area contributed by atoms with Gasteiger partial charge in [-0.05, 0) is 93.1 Å². The first-order valence-electron chi connectivity index (χ1n) is 25.2. The minimum absolute atomic E-state index is 0.151. The number of fused-ring (bicyclic) bond motifs is 2. The second-order valence-electron chi connectivity index (χ2n) is 20.1. The maximum atomic E-state index is 15.0. The molecular weight excluding hydrogens is 923 g/mol. The number of rotatable bonds is 12. The van der Waals surface area contributed by atoms with Crippen molar-refractivity contribution in [1.82, 2.24) is 44.8 Å². The van der Waals surface area contributed by atoms with Crippen LogP contribution in [-0.4, -0.2) is 160 Å². The number of piperazine rings is 1. The first kappa shape index (κ1) is 47.3. The van der Waals surface area contributed by atoms with Crippen LogP contribution >= 0.6 is 0 Å². The van der Waals surface area contributed by atoms with Gasteiger partial charge in [0, 0.05) is 126 Å². The molecule has 19 heteroatoms. The van der Waals surface area contributed by atoms with E-state index in [0.29, 0.717) is 86.5 Å². The summed E-state index contributed by atoms with van der Waals surface area (Å²) in [4.78, 5) is 70.0. The van der Waals surface area contributed by atoms with Crippen molar-refractivity contribution < 1.29 is 32.7 Å². The Morgan fingerprint density at radius 1 is 0.875 bits per heavy atom. The van der Waals surface area contributed by atoms with Crippen molar-refractivity contribution >= 4 is 40.7 Å². The fourth-order valence-electron chi connectivity index (χ4n) is 11.8. The summed E-state index contributed by atoms with van der Waals surface area (Å²) in [6.45, 7) is 11.8. The second kappa shape index (κ2) is 19.5. The lowest BCUT2D eigenvalue weighted by molar-refractivity contribution is -0.136. The van der Waals surface area contributed by atoms with E-state index in [1.54, 1.807) is 28.0 Å². The minimum atomic E-state index is -0.764. The van der Waals surface area contributed by atoms with Gasteiger partial charge in [0.25, 0.3) is 11.8 Å². The predicted molar refractivity (Wildman–Crippen MR) is 263 cm³/mol. The van der Waals surface area contributed by atoms with Gasteiger partial charge in [-0.3, -0.25) is 39.2 Å². The second-order valence-corrected chi connectivity index (χ2v) is 20.1. The molecule has 3 aromatic heterocycles. The number of benzene rings is 2. The van der Waals surface area contributed by atoms with Gasteiger partial charge in [-0.15, -0.1) is 0 Å². The van der Waals surface area contributed by atoms with Gasteiger partial charge >= 0.3 is 0 Å². The molecule has 2 aromatic carbocycles. The molecule has 0 bridgehead atoms. The molecule has 1 unspecified atom stereocenters. The van der Waals surface area contributed by atoms with Gasteiger partial charge in [-0.2, -0.15) is 10.4 Å². The van der Waals surface area contributed by atoms with Crippen LogP contribution < -0.4 is 25.2 Å². The van der Waals surface area contributed by atoms with E-state index in [9.17, 15) is 33.2 Å². The van der Waals surface area contributed by atoms with Crippen LogP contribution in [0.5, 0.6) is 5.75 Å². The molecule has 0 aliphatic carbocycles. The largest absolute Gasteiger partial charge is 0.492 e. The van der Waals surface area contributed by atoms with E-state index in [2.05, 4.69) is 52.4 Å². The number of hydrogen-bond acceptors (Lipinski definition) is 13. The summed E-state index contributed by atoms with van der Waals surface area (Å²) in [5.41, 5.74) is 4.29. The maximum Gasteiger partial charge on any atom is 0.255 e. The van der Waals surface area contributed by atoms with Crippen LogP contribution in [0.2, 0.25) is 0 Å². The van der Waals surface area contributed by atoms with E-state index in [-0.39, 0.29) is 23.8 Å². The number of carbonyl (C=O) groups excluding carboxylic acids is 4. The number of piperidine rings is 3. The lowest BCUT2D eigenvalue weighted by Crippen LogP contribution is -2.67. The Kier molecular flexibility index (Phi) is 12.8. The predicted octanol–water partition coefficient (Wildman–Crippen LogP) is 4.45. The lowest BCUT2D eigenvalue weighted by atomic mass is 9.85. The summed E-state index contributed by atoms with van der Waals surface area (Å²) < 4.78 is 36.7. The van der Waals surface area contributed by atoms with Crippen LogP contribution in [-0.2, 0) is 16.1 Å². The number of ether oxygens (including phenoxy) is 1. The fraction of sp³-hybridized carbons (Fsp3) is 0.453. The molecule has 0 radical (unpaired) electrons. The Morgan fingerprint density at radius 2 is 1.67 bits per heavy atom. The quantitative estimate of drug-likeness (QED) is 0.168. The summed E-state index contributed by atoms with van der Waals surface area (Å²) in [5, 5.41) is 19.8. The number of nitrogens with one attached hydrogen (secondary N) is 2. The van der Waals surface area contributed by atoms with Crippen LogP contribution in [0.15, 0.2) is 73.2 Å². The molecule has 72 heavy (non-hydrogen) atoms. The van der Waals surface area contributed by atoms with Gasteiger partial charge in [0.15, 0.2) is 0 Å². The third-order valence-corrected chi connectivity index (χ3v) is 15.9. The highest BCUT2D eigenvalue weighted by Crippen LogP contribution is 2.36. The van der Waals surface area contributed by atoms with Gasteiger partial charge < -0.3 is 24.8 Å². The van der Waals surface area contributed by atoms with Crippen LogP contribution in [0.3, 0.4) is 0 Å². The number of halogens is 2. The number of carbonyl (C=O) groups is 4. The molecule has 374 valence electrons. The Labute approximate surface area is 416 Å². The topological polar surface area (TPSA) is 175 Å². The number of imide groups is 1. The van der Waals surface area contributed by atoms with Gasteiger partial charge in [0.2, 0.25) is 11.8 Å². The first-order valence-corrected chi connectivity index (χ1v) is 25.2. The van der Waals surface area contributed by atoms with E-state index in [4.69, 9.17) is 9.72 Å². The number of hydrogen-bond donors (Lipinski definition) is 2. The molecule has 11 rings (SSSR count). The lowest BCUT2D eigenvalue weighted by Gasteiger charge is -2.53. The molecule has 17 nitrogen and oxygen atoms in total. The highest BCUT2D eigenvalue weighted by Gasteiger charge is 2.43. The summed E-state index contributed by atoms with van der Waals surface area (Å²) in [5.74, 6) is -1.50. The summed E-state index contributed by atoms with van der Waals surface area (Å²) in [6.07, 6.45) is 8.87. The number of aromatic nitrogens is 3. The van der Waals surface area contributed by atoms with Crippen molar-refractivity contribution in [3.63, 3.8) is 0 Å². The molecule has 5 aromatic rings. The van der Waals surface area contributed by atoms with E-state index >= 15 is 0 Å². The number of nitriles is 1. The van der Waals surface area contributed by atoms with Gasteiger partial charge in [0.05, 0.1) is 41.2 Å². The van der Waals surface area contributed by atoms with Crippen LogP contribution in [0, 0.1) is 23.0 Å². The molecule has 6 aliphatic heterocycles. The van der Waals surface area contributed by atoms with Crippen molar-refractivity contribution in [3.05, 3.63) is 107 Å². The zero-order valence-electron chi connectivity index (χ0n) is 40.4. The molecule has 5 saturated heterocycles. The number of pyridine rings is 2. The van der Waals surface area contributed by atoms with Crippen molar-refractivity contribution in [1.29, 1.82) is 5.26 Å². The van der Waals surface area contributed by atoms with E-state index in [1.807, 2.05) is 37.3 Å². The maximum absolute atomic E-state index is 15.0. The molecule has 5 fully saturated rings. The summed E-state index contributed by atoms with van der Waals surface area (Å²) in [6, 6.07) is 17.4. The first-order chi connectivity index (χ1) is 34.9. The smallest absolute Gasteiger partial charge is 0.255 e. The summed E-state index contributed by atoms with van der Waals surface area (Å²) in [7, 11) is 0. The molecule has 0 saturated carbocycles. The highest BCUT2D eigenvalue weighted by molar-refractivity contribution is 6.05. The average molecular weight is 981 g/mol. The van der Waals surface area contributed by atoms with Crippen molar-refractivity contribution in [2.75, 3.05) is 88.4 Å². The average Bonchev–Trinajstić information content (AvgIpc) is 3.95. The van der Waals surface area contributed by atoms with E-state index in [0.717, 1.165) is 112 Å². The molecule has 4 amide bonds. The third kappa shape index (κ3) is 9.22. The van der Waals surface area contributed by atoms with Crippen molar-refractivity contribution in [2.45, 2.75) is 75.7 Å². The molecule has 0 spiro atoms. The minimum Gasteiger partial charge on any atom is -0.492 e. The normalized spacial score (nSPS) is 21.4. The number of nitrogens with zero attached hydrogens (tertiary/aromatic N) is 10. The Balaban J connectivity index is 0.687. The molecular formula is C53H58F2N12O5. The van der Waals surface area contributed by atoms with Gasteiger partial charge in [-0.1, -0.05) is 6.07 Å². The van der Waals surface area contributed by atoms with Crippen LogP contribution in [0.4, 0.5) is 20.3 Å². The third-order valence-electron chi connectivity index (χ3n) is 15.9. The number of amides is 4. The van der Waals surface area contributed by atoms with Crippen LogP contribution in [0.25, 0.3) is 16.6 Å². The monoisotopic (exact) mass is 980 g/mol. The number of anilines is 2. The fourth-order valence-corrected chi connectivity index (χ4v) is 11.8. The Bertz CT molecular complexity index is 2950. The van der Waals surface area contributed by atoms with E-state index in [1.165, 1.54) is 0 Å². The Morgan fingerprint density at radius 3 is 2.39 bits per heavy atom. The summed E-state index contributed by atoms with van der Waals surface area (Å²) >= 11 is 0. The van der Waals surface area contributed by atoms with Gasteiger partial charge in [0.1, 0.15) is 35.3 Å². The van der Waals surface area contributed by atoms with Crippen molar-refractivity contribution in [2.24, 2.45) is 0 Å². The molecule has 2 N–H and O–H groups in total. The Hall–Kier alpha value is -7.01. The molecule has 1 atom stereocenters. The van der Waals surface area contributed by atoms with Crippen LogP contribution in [0.1, 0.15) is 77.3 Å². The van der Waals surface area contributed by atoms with Gasteiger partial charge in [-0.25, -0.2) is 18.3 Å². The standard InChI is InChI=1S/C53H58F2N12O5/c1-2-72-41-25-42(49-36(26-56)28-58-67(49)32-41)34-4-9-47(57-27-34)64-17-13-53(14-18-64,60-50(69)44-23-37(54)5-7-45(44)55)33-61-19-21-63(22-20-61)40-30-65(31-40)38-11-15-62(16-12-38)39-6-3-35-29-66(52(71)43(35)24-39)46-8-10-48(68)59-51(46)70/h3-7,9,23-25,27-28,32,38,40,46H,2,8,10-22,29-31,33H2,1H3,(H,60,69)(H,59,68,70). The molecule has 9 heterocycles. The van der Waals surface area contributed by atoms with E-state index < -0.39 is 35.0 Å². The van der Waals surface area contributed by atoms with Crippen molar-refractivity contribution in [3.8, 4) is 22.9 Å².